The lowest BCUT2D eigenvalue weighted by Gasteiger charge is -2.07. The first kappa shape index (κ1) is 8.08. The van der Waals surface area contributed by atoms with Crippen molar-refractivity contribution in [1.82, 2.24) is 0 Å². The summed E-state index contributed by atoms with van der Waals surface area (Å²) in [7, 11) is 0. The maximum absolute atomic E-state index is 12.8. The van der Waals surface area contributed by atoms with Crippen LogP contribution in [-0.4, -0.2) is 5.25 Å². The molecule has 3 heteroatoms. The van der Waals surface area contributed by atoms with Gasteiger partial charge in [0.05, 0.1) is 0 Å². The minimum absolute atomic E-state index is 0.0132. The second-order valence-electron chi connectivity index (χ2n) is 3.03. The van der Waals surface area contributed by atoms with Crippen molar-refractivity contribution in [3.63, 3.8) is 0 Å². The zero-order chi connectivity index (χ0) is 8.72. The highest BCUT2D eigenvalue weighted by Gasteiger charge is 2.26. The summed E-state index contributed by atoms with van der Waals surface area (Å²) in [6.07, 6.45) is 0. The number of hydrogen-bond donors (Lipinski definition) is 1. The van der Waals surface area contributed by atoms with E-state index in [4.69, 9.17) is 5.73 Å². The molecule has 1 aromatic carbocycles. The number of rotatable bonds is 0. The van der Waals surface area contributed by atoms with Crippen molar-refractivity contribution in [2.45, 2.75) is 23.1 Å². The van der Waals surface area contributed by atoms with Gasteiger partial charge in [0, 0.05) is 16.2 Å². The molecule has 0 saturated heterocycles. The minimum atomic E-state index is -0.195. The molecule has 12 heavy (non-hydrogen) atoms. The largest absolute Gasteiger partial charge is 0.323 e. The smallest absolute Gasteiger partial charge is 0.123 e. The van der Waals surface area contributed by atoms with E-state index in [1.54, 1.807) is 17.8 Å². The summed E-state index contributed by atoms with van der Waals surface area (Å²) in [5, 5.41) is 0.363. The lowest BCUT2D eigenvalue weighted by molar-refractivity contribution is 0.617. The second kappa shape index (κ2) is 2.75. The van der Waals surface area contributed by atoms with Crippen LogP contribution >= 0.6 is 11.8 Å². The van der Waals surface area contributed by atoms with E-state index in [-0.39, 0.29) is 11.9 Å². The molecule has 1 heterocycles. The standard InChI is InChI=1S/C9H10FNS/c1-5-9(11)7-4-6(10)2-3-8(7)12-5/h2-5,9H,11H2,1H3. The molecule has 0 aromatic heterocycles. The maximum Gasteiger partial charge on any atom is 0.123 e. The maximum atomic E-state index is 12.8. The molecule has 0 radical (unpaired) electrons. The van der Waals surface area contributed by atoms with E-state index in [2.05, 4.69) is 6.92 Å². The molecule has 2 rings (SSSR count). The molecule has 1 aromatic rings. The fourth-order valence-corrected chi connectivity index (χ4v) is 2.59. The topological polar surface area (TPSA) is 26.0 Å². The Labute approximate surface area is 75.1 Å². The average Bonchev–Trinajstić information content (AvgIpc) is 2.31. The molecule has 2 atom stereocenters. The molecule has 0 spiro atoms. The van der Waals surface area contributed by atoms with Crippen LogP contribution in [0, 0.1) is 5.82 Å². The van der Waals surface area contributed by atoms with Crippen LogP contribution in [-0.2, 0) is 0 Å². The summed E-state index contributed by atoms with van der Waals surface area (Å²) < 4.78 is 12.8. The molecular formula is C9H10FNS. The Morgan fingerprint density at radius 1 is 1.50 bits per heavy atom. The first-order valence-corrected chi connectivity index (χ1v) is 4.78. The van der Waals surface area contributed by atoms with Crippen LogP contribution in [0.3, 0.4) is 0 Å². The molecule has 1 nitrogen and oxygen atoms in total. The normalized spacial score (nSPS) is 27.2. The molecule has 0 saturated carbocycles. The van der Waals surface area contributed by atoms with Crippen LogP contribution < -0.4 is 5.73 Å². The van der Waals surface area contributed by atoms with Crippen molar-refractivity contribution < 1.29 is 4.39 Å². The Morgan fingerprint density at radius 2 is 2.25 bits per heavy atom. The van der Waals surface area contributed by atoms with Gasteiger partial charge in [0.25, 0.3) is 0 Å². The van der Waals surface area contributed by atoms with Gasteiger partial charge in [0.1, 0.15) is 5.82 Å². The quantitative estimate of drug-likeness (QED) is 0.668. The third kappa shape index (κ3) is 1.13. The van der Waals surface area contributed by atoms with Crippen molar-refractivity contribution in [1.29, 1.82) is 0 Å². The van der Waals surface area contributed by atoms with Gasteiger partial charge >= 0.3 is 0 Å². The Hall–Kier alpha value is -0.540. The third-order valence-electron chi connectivity index (χ3n) is 2.15. The van der Waals surface area contributed by atoms with E-state index < -0.39 is 0 Å². The van der Waals surface area contributed by atoms with Gasteiger partial charge in [-0.25, -0.2) is 4.39 Å². The second-order valence-corrected chi connectivity index (χ2v) is 4.45. The van der Waals surface area contributed by atoms with Gasteiger partial charge in [-0.3, -0.25) is 0 Å². The van der Waals surface area contributed by atoms with Crippen LogP contribution in [0.2, 0.25) is 0 Å². The number of fused-ring (bicyclic) bond motifs is 1. The van der Waals surface area contributed by atoms with Crippen molar-refractivity contribution in [3.8, 4) is 0 Å². The van der Waals surface area contributed by atoms with Gasteiger partial charge in [-0.05, 0) is 23.8 Å². The Bertz CT molecular complexity index is 313. The molecule has 2 unspecified atom stereocenters. The van der Waals surface area contributed by atoms with E-state index in [9.17, 15) is 4.39 Å². The van der Waals surface area contributed by atoms with Crippen molar-refractivity contribution >= 4 is 11.8 Å². The van der Waals surface area contributed by atoms with Crippen LogP contribution in [0.1, 0.15) is 18.5 Å². The van der Waals surface area contributed by atoms with Crippen molar-refractivity contribution in [2.75, 3.05) is 0 Å². The molecule has 64 valence electrons. The van der Waals surface area contributed by atoms with Gasteiger partial charge < -0.3 is 5.73 Å². The Morgan fingerprint density at radius 3 is 3.00 bits per heavy atom. The van der Waals surface area contributed by atoms with Crippen LogP contribution in [0.15, 0.2) is 23.1 Å². The minimum Gasteiger partial charge on any atom is -0.323 e. The van der Waals surface area contributed by atoms with E-state index in [1.807, 2.05) is 0 Å². The highest BCUT2D eigenvalue weighted by Crippen LogP contribution is 2.42. The summed E-state index contributed by atoms with van der Waals surface area (Å²) >= 11 is 1.72. The Kier molecular flexibility index (Phi) is 1.85. The summed E-state index contributed by atoms with van der Waals surface area (Å²) in [5.41, 5.74) is 6.82. The molecule has 0 fully saturated rings. The number of thioether (sulfide) groups is 1. The summed E-state index contributed by atoms with van der Waals surface area (Å²) in [4.78, 5) is 1.12. The lowest BCUT2D eigenvalue weighted by Crippen LogP contribution is -2.15. The highest BCUT2D eigenvalue weighted by molar-refractivity contribution is 8.00. The molecule has 0 bridgehead atoms. The van der Waals surface area contributed by atoms with Gasteiger partial charge in [-0.15, -0.1) is 11.8 Å². The molecular weight excluding hydrogens is 173 g/mol. The van der Waals surface area contributed by atoms with E-state index in [0.717, 1.165) is 10.5 Å². The highest BCUT2D eigenvalue weighted by atomic mass is 32.2. The average molecular weight is 183 g/mol. The fraction of sp³-hybridized carbons (Fsp3) is 0.333. The summed E-state index contributed by atoms with van der Waals surface area (Å²) in [6.45, 7) is 2.06. The molecule has 2 N–H and O–H groups in total. The van der Waals surface area contributed by atoms with Crippen molar-refractivity contribution in [3.05, 3.63) is 29.6 Å². The molecule has 0 amide bonds. The van der Waals surface area contributed by atoms with Crippen LogP contribution in [0.25, 0.3) is 0 Å². The SMILES string of the molecule is CC1Sc2ccc(F)cc2C1N. The monoisotopic (exact) mass is 183 g/mol. The van der Waals surface area contributed by atoms with E-state index in [0.29, 0.717) is 5.25 Å². The van der Waals surface area contributed by atoms with E-state index >= 15 is 0 Å². The first-order valence-electron chi connectivity index (χ1n) is 3.90. The summed E-state index contributed by atoms with van der Waals surface area (Å²) in [6, 6.07) is 4.81. The number of hydrogen-bond acceptors (Lipinski definition) is 2. The summed E-state index contributed by atoms with van der Waals surface area (Å²) in [5.74, 6) is -0.195. The lowest BCUT2D eigenvalue weighted by atomic mass is 10.1. The zero-order valence-electron chi connectivity index (χ0n) is 6.75. The van der Waals surface area contributed by atoms with Gasteiger partial charge in [-0.2, -0.15) is 0 Å². The number of halogens is 1. The number of nitrogens with two attached hydrogens (primary N) is 1. The fourth-order valence-electron chi connectivity index (χ4n) is 1.41. The predicted octanol–water partition coefficient (Wildman–Crippen LogP) is 2.32. The first-order chi connectivity index (χ1) is 5.68. The Balaban J connectivity index is 2.48. The third-order valence-corrected chi connectivity index (χ3v) is 3.44. The molecule has 1 aliphatic rings. The molecule has 0 aliphatic carbocycles. The van der Waals surface area contributed by atoms with Gasteiger partial charge in [-0.1, -0.05) is 6.92 Å². The number of benzene rings is 1. The molecule has 1 aliphatic heterocycles. The van der Waals surface area contributed by atoms with Gasteiger partial charge in [0.15, 0.2) is 0 Å². The van der Waals surface area contributed by atoms with E-state index in [1.165, 1.54) is 12.1 Å². The van der Waals surface area contributed by atoms with Crippen LogP contribution in [0.4, 0.5) is 4.39 Å². The van der Waals surface area contributed by atoms with Crippen LogP contribution in [0.5, 0.6) is 0 Å². The van der Waals surface area contributed by atoms with Crippen molar-refractivity contribution in [2.24, 2.45) is 5.73 Å². The van der Waals surface area contributed by atoms with Gasteiger partial charge in [0.2, 0.25) is 0 Å². The zero-order valence-corrected chi connectivity index (χ0v) is 7.57. The predicted molar refractivity (Wildman–Crippen MR) is 48.6 cm³/mol.